The molecule has 0 bridgehead atoms. The van der Waals surface area contributed by atoms with Crippen molar-refractivity contribution >= 4 is 22.8 Å². The van der Waals surface area contributed by atoms with Gasteiger partial charge < -0.3 is 10.6 Å². The first kappa shape index (κ1) is 13.1. The molecular formula is C14H22N6. The Hall–Kier alpha value is -1.85. The van der Waals surface area contributed by atoms with Gasteiger partial charge in [-0.1, -0.05) is 19.8 Å². The van der Waals surface area contributed by atoms with Gasteiger partial charge in [-0.15, -0.1) is 0 Å². The average molecular weight is 274 g/mol. The predicted molar refractivity (Wildman–Crippen MR) is 80.8 cm³/mol. The number of aromatic nitrogens is 4. The Kier molecular flexibility index (Phi) is 3.71. The summed E-state index contributed by atoms with van der Waals surface area (Å²) in [5.74, 6) is 3.07. The van der Waals surface area contributed by atoms with Gasteiger partial charge in [0.05, 0.1) is 11.6 Å². The van der Waals surface area contributed by atoms with E-state index in [4.69, 9.17) is 0 Å². The average Bonchev–Trinajstić information content (AvgIpc) is 2.93. The fourth-order valence-electron chi connectivity index (χ4n) is 3.07. The maximum atomic E-state index is 4.50. The maximum Gasteiger partial charge on any atom is 0.226 e. The molecule has 0 aliphatic heterocycles. The summed E-state index contributed by atoms with van der Waals surface area (Å²) in [7, 11) is 1.82. The number of nitrogens with zero attached hydrogens (tertiary/aromatic N) is 3. The Morgan fingerprint density at radius 3 is 3.05 bits per heavy atom. The number of hydrogen-bond acceptors (Lipinski definition) is 5. The molecule has 2 aromatic rings. The second kappa shape index (κ2) is 5.64. The van der Waals surface area contributed by atoms with Crippen molar-refractivity contribution in [2.45, 2.75) is 32.6 Å². The monoisotopic (exact) mass is 274 g/mol. The normalized spacial score (nSPS) is 22.9. The minimum Gasteiger partial charge on any atom is -0.369 e. The van der Waals surface area contributed by atoms with Crippen LogP contribution in [0.4, 0.5) is 11.8 Å². The van der Waals surface area contributed by atoms with Gasteiger partial charge in [-0.25, -0.2) is 0 Å². The molecule has 3 N–H and O–H groups in total. The lowest BCUT2D eigenvalue weighted by Gasteiger charge is -2.27. The molecule has 0 radical (unpaired) electrons. The zero-order valence-corrected chi connectivity index (χ0v) is 12.1. The Morgan fingerprint density at radius 2 is 2.25 bits per heavy atom. The van der Waals surface area contributed by atoms with Crippen LogP contribution >= 0.6 is 0 Å². The highest BCUT2D eigenvalue weighted by Gasteiger charge is 2.19. The molecule has 1 saturated carbocycles. The summed E-state index contributed by atoms with van der Waals surface area (Å²) in [4.78, 5) is 8.84. The molecule has 0 aromatic carbocycles. The smallest absolute Gasteiger partial charge is 0.226 e. The van der Waals surface area contributed by atoms with E-state index in [-0.39, 0.29) is 0 Å². The number of aromatic amines is 1. The third kappa shape index (κ3) is 2.69. The molecule has 2 aromatic heterocycles. The Balaban J connectivity index is 1.74. The zero-order chi connectivity index (χ0) is 13.9. The van der Waals surface area contributed by atoms with E-state index in [2.05, 4.69) is 37.7 Å². The zero-order valence-electron chi connectivity index (χ0n) is 12.1. The topological polar surface area (TPSA) is 78.5 Å². The van der Waals surface area contributed by atoms with Gasteiger partial charge in [-0.3, -0.25) is 5.10 Å². The van der Waals surface area contributed by atoms with E-state index in [1.54, 1.807) is 6.20 Å². The van der Waals surface area contributed by atoms with Crippen molar-refractivity contribution in [1.29, 1.82) is 0 Å². The number of hydrogen-bond donors (Lipinski definition) is 3. The summed E-state index contributed by atoms with van der Waals surface area (Å²) < 4.78 is 0. The number of rotatable bonds is 4. The van der Waals surface area contributed by atoms with Gasteiger partial charge in [-0.2, -0.15) is 15.1 Å². The summed E-state index contributed by atoms with van der Waals surface area (Å²) >= 11 is 0. The lowest BCUT2D eigenvalue weighted by atomic mass is 9.82. The minimum atomic E-state index is 0.612. The van der Waals surface area contributed by atoms with Crippen LogP contribution in [0, 0.1) is 11.8 Å². The lowest BCUT2D eigenvalue weighted by Crippen LogP contribution is -2.21. The molecule has 108 valence electrons. The number of H-pyrrole nitrogens is 1. The van der Waals surface area contributed by atoms with Crippen LogP contribution in [0.3, 0.4) is 0 Å². The van der Waals surface area contributed by atoms with Crippen molar-refractivity contribution < 1.29 is 0 Å². The number of anilines is 2. The quantitative estimate of drug-likeness (QED) is 0.798. The molecule has 1 aliphatic carbocycles. The van der Waals surface area contributed by atoms with Gasteiger partial charge in [0.1, 0.15) is 5.82 Å². The van der Waals surface area contributed by atoms with Gasteiger partial charge in [0.2, 0.25) is 5.95 Å². The summed E-state index contributed by atoms with van der Waals surface area (Å²) in [6.45, 7) is 3.33. The van der Waals surface area contributed by atoms with Crippen LogP contribution in [0.1, 0.15) is 32.6 Å². The first-order chi connectivity index (χ1) is 9.76. The summed E-state index contributed by atoms with van der Waals surface area (Å²) in [6.07, 6.45) is 7.13. The van der Waals surface area contributed by atoms with Gasteiger partial charge >= 0.3 is 0 Å². The van der Waals surface area contributed by atoms with E-state index in [0.717, 1.165) is 35.2 Å². The van der Waals surface area contributed by atoms with Crippen molar-refractivity contribution in [2.24, 2.45) is 11.8 Å². The minimum absolute atomic E-state index is 0.612. The first-order valence-corrected chi connectivity index (χ1v) is 7.39. The van der Waals surface area contributed by atoms with E-state index in [9.17, 15) is 0 Å². The number of nitrogens with one attached hydrogen (secondary N) is 3. The molecule has 0 amide bonds. The first-order valence-electron chi connectivity index (χ1n) is 7.39. The van der Waals surface area contributed by atoms with Crippen LogP contribution in [-0.4, -0.2) is 33.8 Å². The summed E-state index contributed by atoms with van der Waals surface area (Å²) in [6, 6.07) is 0. The lowest BCUT2D eigenvalue weighted by molar-refractivity contribution is 0.293. The van der Waals surface area contributed by atoms with Crippen molar-refractivity contribution in [1.82, 2.24) is 20.2 Å². The summed E-state index contributed by atoms with van der Waals surface area (Å²) in [5.41, 5.74) is 0.767. The SMILES string of the molecule is CNc1nc(NCC2CCCC(C)C2)c2cn[nH]c2n1. The van der Waals surface area contributed by atoms with E-state index < -0.39 is 0 Å². The molecule has 2 unspecified atom stereocenters. The fourth-order valence-corrected chi connectivity index (χ4v) is 3.07. The van der Waals surface area contributed by atoms with Gasteiger partial charge in [-0.05, 0) is 24.7 Å². The molecule has 3 rings (SSSR count). The van der Waals surface area contributed by atoms with E-state index in [1.807, 2.05) is 7.05 Å². The molecule has 6 heteroatoms. The second-order valence-corrected chi connectivity index (χ2v) is 5.80. The molecule has 1 aliphatic rings. The molecule has 0 saturated heterocycles. The molecule has 2 atom stereocenters. The molecule has 1 fully saturated rings. The van der Waals surface area contributed by atoms with Crippen LogP contribution < -0.4 is 10.6 Å². The molecule has 20 heavy (non-hydrogen) atoms. The van der Waals surface area contributed by atoms with Crippen LogP contribution in [-0.2, 0) is 0 Å². The Bertz CT molecular complexity index is 578. The highest BCUT2D eigenvalue weighted by Crippen LogP contribution is 2.29. The predicted octanol–water partition coefficient (Wildman–Crippen LogP) is 2.63. The molecule has 2 heterocycles. The highest BCUT2D eigenvalue weighted by molar-refractivity contribution is 5.86. The molecule has 0 spiro atoms. The highest BCUT2D eigenvalue weighted by atomic mass is 15.2. The number of fused-ring (bicyclic) bond motifs is 1. The van der Waals surface area contributed by atoms with Crippen LogP contribution in [0.25, 0.3) is 11.0 Å². The third-order valence-corrected chi connectivity index (χ3v) is 4.14. The Morgan fingerprint density at radius 1 is 1.35 bits per heavy atom. The van der Waals surface area contributed by atoms with E-state index in [1.165, 1.54) is 25.7 Å². The van der Waals surface area contributed by atoms with Crippen molar-refractivity contribution in [3.05, 3.63) is 6.20 Å². The van der Waals surface area contributed by atoms with Gasteiger partial charge in [0, 0.05) is 13.6 Å². The van der Waals surface area contributed by atoms with E-state index >= 15 is 0 Å². The largest absolute Gasteiger partial charge is 0.369 e. The Labute approximate surface area is 118 Å². The molecule has 6 nitrogen and oxygen atoms in total. The van der Waals surface area contributed by atoms with Gasteiger partial charge in [0.15, 0.2) is 5.65 Å². The summed E-state index contributed by atoms with van der Waals surface area (Å²) in [5, 5.41) is 14.4. The second-order valence-electron chi connectivity index (χ2n) is 5.80. The van der Waals surface area contributed by atoms with E-state index in [0.29, 0.717) is 5.95 Å². The van der Waals surface area contributed by atoms with Crippen molar-refractivity contribution in [3.8, 4) is 0 Å². The van der Waals surface area contributed by atoms with Crippen molar-refractivity contribution in [3.63, 3.8) is 0 Å². The maximum absolute atomic E-state index is 4.50. The van der Waals surface area contributed by atoms with Gasteiger partial charge in [0.25, 0.3) is 0 Å². The van der Waals surface area contributed by atoms with Crippen molar-refractivity contribution in [2.75, 3.05) is 24.2 Å². The molecular weight excluding hydrogens is 252 g/mol. The fraction of sp³-hybridized carbons (Fsp3) is 0.643. The van der Waals surface area contributed by atoms with Crippen LogP contribution in [0.2, 0.25) is 0 Å². The standard InChI is InChI=1S/C14H22N6/c1-9-4-3-5-10(6-9)7-16-12-11-8-17-20-13(11)19-14(15-2)18-12/h8-10H,3-7H2,1-2H3,(H3,15,16,17,18,19,20). The van der Waals surface area contributed by atoms with Crippen LogP contribution in [0.15, 0.2) is 6.20 Å². The van der Waals surface area contributed by atoms with Crippen LogP contribution in [0.5, 0.6) is 0 Å². The third-order valence-electron chi connectivity index (χ3n) is 4.14.